The van der Waals surface area contributed by atoms with Crippen LogP contribution in [0.25, 0.3) is 0 Å². The van der Waals surface area contributed by atoms with Gasteiger partial charge in [-0.05, 0) is 43.0 Å². The highest BCUT2D eigenvalue weighted by Crippen LogP contribution is 2.31. The third-order valence-electron chi connectivity index (χ3n) is 3.93. The second-order valence-electron chi connectivity index (χ2n) is 6.34. The Morgan fingerprint density at radius 2 is 2.05 bits per heavy atom. The lowest BCUT2D eigenvalue weighted by Gasteiger charge is -2.38. The second kappa shape index (κ2) is 6.44. The molecule has 2 amide bonds. The lowest BCUT2D eigenvalue weighted by molar-refractivity contribution is -0.121. The van der Waals surface area contributed by atoms with Gasteiger partial charge in [0.1, 0.15) is 5.82 Å². The van der Waals surface area contributed by atoms with Crippen LogP contribution < -0.4 is 16.0 Å². The van der Waals surface area contributed by atoms with Gasteiger partial charge in [-0.15, -0.1) is 0 Å². The highest BCUT2D eigenvalue weighted by atomic mass is 19.1. The van der Waals surface area contributed by atoms with Crippen molar-refractivity contribution in [1.82, 2.24) is 5.32 Å². The summed E-state index contributed by atoms with van der Waals surface area (Å²) in [7, 11) is 0. The predicted molar refractivity (Wildman–Crippen MR) is 84.1 cm³/mol. The normalized spacial score (nSPS) is 20.3. The van der Waals surface area contributed by atoms with Crippen LogP contribution in [0.3, 0.4) is 0 Å². The first-order valence-corrected chi connectivity index (χ1v) is 7.41. The summed E-state index contributed by atoms with van der Waals surface area (Å²) >= 11 is 0. The maximum Gasteiger partial charge on any atom is 0.242 e. The lowest BCUT2D eigenvalue weighted by Crippen LogP contribution is -2.53. The molecule has 0 aromatic heterocycles. The van der Waals surface area contributed by atoms with Crippen molar-refractivity contribution in [3.63, 3.8) is 0 Å². The average Bonchev–Trinajstić information content (AvgIpc) is 2.41. The van der Waals surface area contributed by atoms with E-state index in [1.54, 1.807) is 0 Å². The minimum atomic E-state index is -0.538. The van der Waals surface area contributed by atoms with Crippen molar-refractivity contribution in [1.29, 1.82) is 0 Å². The highest BCUT2D eigenvalue weighted by Gasteiger charge is 2.37. The molecule has 0 radical (unpaired) electrons. The van der Waals surface area contributed by atoms with Crippen LogP contribution in [-0.4, -0.2) is 24.4 Å². The number of carbonyl (C=O) groups is 2. The Morgan fingerprint density at radius 3 is 2.68 bits per heavy atom. The molecule has 1 fully saturated rings. The van der Waals surface area contributed by atoms with E-state index < -0.39 is 5.82 Å². The summed E-state index contributed by atoms with van der Waals surface area (Å²) < 4.78 is 13.6. The lowest BCUT2D eigenvalue weighted by atomic mass is 9.77. The largest absolute Gasteiger partial charge is 0.325 e. The molecule has 1 atom stereocenters. The minimum absolute atomic E-state index is 0.0566. The van der Waals surface area contributed by atoms with Crippen LogP contribution in [0.15, 0.2) is 18.2 Å². The Balaban J connectivity index is 2.13. The van der Waals surface area contributed by atoms with Gasteiger partial charge in [0.2, 0.25) is 11.8 Å². The van der Waals surface area contributed by atoms with Gasteiger partial charge in [-0.3, -0.25) is 9.59 Å². The molecule has 22 heavy (non-hydrogen) atoms. The molecule has 0 saturated carbocycles. The summed E-state index contributed by atoms with van der Waals surface area (Å²) in [5.74, 6) is -1.05. The third-order valence-corrected chi connectivity index (χ3v) is 3.93. The first-order chi connectivity index (χ1) is 10.3. The summed E-state index contributed by atoms with van der Waals surface area (Å²) in [6.45, 7) is 6.22. The number of piperidine rings is 1. The van der Waals surface area contributed by atoms with Crippen LogP contribution in [0, 0.1) is 11.2 Å². The van der Waals surface area contributed by atoms with E-state index in [0.29, 0.717) is 5.69 Å². The molecule has 1 aromatic rings. The smallest absolute Gasteiger partial charge is 0.242 e. The Bertz CT molecular complexity index is 587. The number of rotatable bonds is 3. The molecule has 2 rings (SSSR count). The summed E-state index contributed by atoms with van der Waals surface area (Å²) in [5, 5.41) is 8.42. The van der Waals surface area contributed by atoms with E-state index >= 15 is 0 Å². The SMILES string of the molecule is CC(=O)Nc1cc(NC(=O)C2NCCCC2(C)C)ccc1F. The number of hydrogen-bond acceptors (Lipinski definition) is 3. The third kappa shape index (κ3) is 3.82. The molecule has 3 N–H and O–H groups in total. The van der Waals surface area contributed by atoms with E-state index in [2.05, 4.69) is 29.8 Å². The van der Waals surface area contributed by atoms with E-state index in [4.69, 9.17) is 0 Å². The fourth-order valence-electron chi connectivity index (χ4n) is 2.76. The fraction of sp³-hybridized carbons (Fsp3) is 0.500. The van der Waals surface area contributed by atoms with E-state index in [1.165, 1.54) is 25.1 Å². The van der Waals surface area contributed by atoms with Crippen LogP contribution in [0.4, 0.5) is 15.8 Å². The van der Waals surface area contributed by atoms with Crippen molar-refractivity contribution in [3.05, 3.63) is 24.0 Å². The zero-order chi connectivity index (χ0) is 16.3. The van der Waals surface area contributed by atoms with Gasteiger partial charge < -0.3 is 16.0 Å². The van der Waals surface area contributed by atoms with E-state index in [1.807, 2.05) is 0 Å². The van der Waals surface area contributed by atoms with Gasteiger partial charge in [0.15, 0.2) is 0 Å². The van der Waals surface area contributed by atoms with Crippen LogP contribution >= 0.6 is 0 Å². The molecular formula is C16H22FN3O2. The van der Waals surface area contributed by atoms with Gasteiger partial charge >= 0.3 is 0 Å². The van der Waals surface area contributed by atoms with Crippen molar-refractivity contribution in [3.8, 4) is 0 Å². The molecule has 1 heterocycles. The number of benzene rings is 1. The van der Waals surface area contributed by atoms with Crippen LogP contribution in [-0.2, 0) is 9.59 Å². The zero-order valence-electron chi connectivity index (χ0n) is 13.1. The van der Waals surface area contributed by atoms with Crippen LogP contribution in [0.2, 0.25) is 0 Å². The fourth-order valence-corrected chi connectivity index (χ4v) is 2.76. The molecule has 0 spiro atoms. The van der Waals surface area contributed by atoms with Crippen molar-refractivity contribution >= 4 is 23.2 Å². The molecule has 0 aliphatic carbocycles. The van der Waals surface area contributed by atoms with Crippen molar-refractivity contribution in [2.75, 3.05) is 17.2 Å². The summed E-state index contributed by atoms with van der Waals surface area (Å²) in [6, 6.07) is 3.83. The van der Waals surface area contributed by atoms with Gasteiger partial charge in [-0.1, -0.05) is 13.8 Å². The monoisotopic (exact) mass is 307 g/mol. The Labute approximate surface area is 129 Å². The molecule has 1 saturated heterocycles. The summed E-state index contributed by atoms with van der Waals surface area (Å²) in [5.41, 5.74) is 0.377. The average molecular weight is 307 g/mol. The zero-order valence-corrected chi connectivity index (χ0v) is 13.1. The standard InChI is InChI=1S/C16H22FN3O2/c1-10(21)19-13-9-11(5-6-12(13)17)20-15(22)14-16(2,3)7-4-8-18-14/h5-6,9,14,18H,4,7-8H2,1-3H3,(H,19,21)(H,20,22). The Morgan fingerprint density at radius 1 is 1.32 bits per heavy atom. The molecule has 0 bridgehead atoms. The highest BCUT2D eigenvalue weighted by molar-refractivity contribution is 5.96. The molecule has 1 aliphatic rings. The molecular weight excluding hydrogens is 285 g/mol. The van der Waals surface area contributed by atoms with Crippen LogP contribution in [0.1, 0.15) is 33.6 Å². The van der Waals surface area contributed by atoms with Crippen molar-refractivity contribution in [2.24, 2.45) is 5.41 Å². The van der Waals surface area contributed by atoms with Gasteiger partial charge in [0, 0.05) is 12.6 Å². The number of halogens is 1. The topological polar surface area (TPSA) is 70.2 Å². The molecule has 1 aliphatic heterocycles. The molecule has 5 nitrogen and oxygen atoms in total. The number of carbonyl (C=O) groups excluding carboxylic acids is 2. The van der Waals surface area contributed by atoms with E-state index in [9.17, 15) is 14.0 Å². The number of amides is 2. The first kappa shape index (κ1) is 16.4. The number of anilines is 2. The molecule has 6 heteroatoms. The predicted octanol–water partition coefficient (Wildman–Crippen LogP) is 2.50. The maximum absolute atomic E-state index is 13.6. The summed E-state index contributed by atoms with van der Waals surface area (Å²) in [6.07, 6.45) is 2.01. The van der Waals surface area contributed by atoms with Gasteiger partial charge in [0.05, 0.1) is 11.7 Å². The molecule has 1 aromatic carbocycles. The maximum atomic E-state index is 13.6. The van der Waals surface area contributed by atoms with E-state index in [0.717, 1.165) is 19.4 Å². The molecule has 120 valence electrons. The number of hydrogen-bond donors (Lipinski definition) is 3. The van der Waals surface area contributed by atoms with Gasteiger partial charge in [-0.2, -0.15) is 0 Å². The Hall–Kier alpha value is -1.95. The molecule has 1 unspecified atom stereocenters. The van der Waals surface area contributed by atoms with Crippen LogP contribution in [0.5, 0.6) is 0 Å². The van der Waals surface area contributed by atoms with Gasteiger partial charge in [-0.25, -0.2) is 4.39 Å². The quantitative estimate of drug-likeness (QED) is 0.803. The van der Waals surface area contributed by atoms with Gasteiger partial charge in [0.25, 0.3) is 0 Å². The first-order valence-electron chi connectivity index (χ1n) is 7.41. The van der Waals surface area contributed by atoms with Crippen molar-refractivity contribution in [2.45, 2.75) is 39.7 Å². The summed E-state index contributed by atoms with van der Waals surface area (Å²) in [4.78, 5) is 23.5. The van der Waals surface area contributed by atoms with Crippen molar-refractivity contribution < 1.29 is 14.0 Å². The Kier molecular flexibility index (Phi) is 4.81. The second-order valence-corrected chi connectivity index (χ2v) is 6.34. The number of nitrogens with one attached hydrogen (secondary N) is 3. The van der Waals surface area contributed by atoms with E-state index in [-0.39, 0.29) is 29.0 Å². The minimum Gasteiger partial charge on any atom is -0.325 e.